The monoisotopic (exact) mass is 1110 g/mol. The molecule has 0 aromatic heterocycles. The van der Waals surface area contributed by atoms with E-state index in [0.29, 0.717) is 49.5 Å². The van der Waals surface area contributed by atoms with Crippen LogP contribution in [0.3, 0.4) is 0 Å². The average Bonchev–Trinajstić information content (AvgIpc) is 3.89. The number of nitrogens with zero attached hydrogens (tertiary/aromatic N) is 3. The molecule has 3 aliphatic heterocycles. The van der Waals surface area contributed by atoms with Gasteiger partial charge in [-0.15, -0.1) is 0 Å². The number of hydrogen-bond donors (Lipinski definition) is 2. The number of carbonyl (C=O) groups excluding carboxylic acids is 4. The van der Waals surface area contributed by atoms with Crippen molar-refractivity contribution in [2.24, 2.45) is 0 Å². The predicted octanol–water partition coefficient (Wildman–Crippen LogP) is 10.6. The second-order valence-corrected chi connectivity index (χ2v) is 26.5. The van der Waals surface area contributed by atoms with Crippen molar-refractivity contribution in [1.82, 2.24) is 14.9 Å². The molecule has 6 rings (SSSR count). The summed E-state index contributed by atoms with van der Waals surface area (Å²) >= 11 is 0. The summed E-state index contributed by atoms with van der Waals surface area (Å²) in [5, 5.41) is 2.56. The van der Waals surface area contributed by atoms with E-state index in [1.54, 1.807) is 12.1 Å². The largest absolute Gasteiger partial charge is 0.490 e. The van der Waals surface area contributed by atoms with Crippen LogP contribution >= 0.6 is 0 Å². The highest BCUT2D eigenvalue weighted by Crippen LogP contribution is 2.61. The van der Waals surface area contributed by atoms with Crippen LogP contribution in [0.5, 0.6) is 11.5 Å². The van der Waals surface area contributed by atoms with Crippen LogP contribution in [0.15, 0.2) is 47.4 Å². The first-order chi connectivity index (χ1) is 37.0. The number of cyclic esters (lactones) is 1. The Morgan fingerprint density at radius 1 is 0.779 bits per heavy atom. The first-order valence-electron chi connectivity index (χ1n) is 29.3. The van der Waals surface area contributed by atoms with E-state index < -0.39 is 79.3 Å². The number of rotatable bonds is 36. The summed E-state index contributed by atoms with van der Waals surface area (Å²) in [6, 6.07) is 8.56. The van der Waals surface area contributed by atoms with Gasteiger partial charge < -0.3 is 29.2 Å². The highest BCUT2D eigenvalue weighted by atomic mass is 32.2. The van der Waals surface area contributed by atoms with Gasteiger partial charge in [-0.25, -0.2) is 22.8 Å². The zero-order valence-corrected chi connectivity index (χ0v) is 48.9. The fourth-order valence-electron chi connectivity index (χ4n) is 11.9. The minimum atomic E-state index is -4.38. The van der Waals surface area contributed by atoms with E-state index in [1.807, 2.05) is 12.1 Å². The molecule has 3 heterocycles. The summed E-state index contributed by atoms with van der Waals surface area (Å²) in [4.78, 5) is 56.1. The summed E-state index contributed by atoms with van der Waals surface area (Å²) in [6.07, 6.45) is 23.2. The van der Waals surface area contributed by atoms with Crippen LogP contribution < -0.4 is 24.4 Å². The summed E-state index contributed by atoms with van der Waals surface area (Å²) in [6.45, 7) is 10.2. The molecule has 2 saturated heterocycles. The number of amides is 4. The third-order valence-electron chi connectivity index (χ3n) is 16.4. The zero-order chi connectivity index (χ0) is 55.7. The summed E-state index contributed by atoms with van der Waals surface area (Å²) in [5.41, 5.74) is -0.209. The van der Waals surface area contributed by atoms with Crippen molar-refractivity contribution in [3.05, 3.63) is 48.0 Å². The zero-order valence-electron chi connectivity index (χ0n) is 47.3. The maximum absolute atomic E-state index is 14.6. The lowest BCUT2D eigenvalue weighted by Gasteiger charge is -2.34. The Balaban J connectivity index is 1.21. The number of anilines is 1. The van der Waals surface area contributed by atoms with Gasteiger partial charge in [0, 0.05) is 38.2 Å². The second-order valence-electron chi connectivity index (χ2n) is 22.3. The molecule has 4 aliphatic rings. The predicted molar refractivity (Wildman–Crippen MR) is 298 cm³/mol. The second kappa shape index (κ2) is 28.7. The van der Waals surface area contributed by atoms with Crippen LogP contribution in [0.1, 0.15) is 201 Å². The Morgan fingerprint density at radius 3 is 1.92 bits per heavy atom. The first-order valence-corrected chi connectivity index (χ1v) is 32.2. The Kier molecular flexibility index (Phi) is 23.1. The summed E-state index contributed by atoms with van der Waals surface area (Å²) in [5.74, 6) is -2.52. The normalized spacial score (nSPS) is 21.5. The van der Waals surface area contributed by atoms with E-state index in [0.717, 1.165) is 108 Å². The maximum atomic E-state index is 14.6. The number of para-hydroxylation sites is 1. The molecule has 0 bridgehead atoms. The van der Waals surface area contributed by atoms with Crippen LogP contribution in [-0.2, 0) is 50.3 Å². The van der Waals surface area contributed by atoms with Crippen molar-refractivity contribution in [3.63, 3.8) is 0 Å². The Labute approximate surface area is 460 Å². The molecule has 432 valence electrons. The molecule has 4 unspecified atom stereocenters. The Hall–Kier alpha value is -4.30. The van der Waals surface area contributed by atoms with Gasteiger partial charge in [-0.05, 0) is 82.6 Å². The van der Waals surface area contributed by atoms with Crippen LogP contribution in [0.4, 0.5) is 10.5 Å². The van der Waals surface area contributed by atoms with Crippen LogP contribution in [0.2, 0.25) is 0 Å². The minimum Gasteiger partial charge on any atom is -0.490 e. The smallest absolute Gasteiger partial charge is 0.418 e. The standard InChI is InChI=1S/C58H91N5O12S2/c1-7-10-13-16-19-20-21-22-25-30-41-73-50-34-33-46(42-51(50)74-44-59-53(64)52(62-55(66)57(4,5)75-56(62)67)54(65)61-38-36-45-31-26-27-32-48(45)61)76(68,69)60-47-43-58(37-35-49(47)72-6)63(77(58,70)71,39-28-23-17-14-11-8-2)40-29-24-18-15-12-9-3/h26-27,31-34,42,47,49,52,60H,7-25,28-30,35-41,43-44H2,1-6H3/p+1. The number of ether oxygens (including phenoxy) is 4. The topological polar surface area (TPSA) is 204 Å². The first kappa shape index (κ1) is 61.9. The van der Waals surface area contributed by atoms with Crippen molar-refractivity contribution in [1.29, 1.82) is 0 Å². The molecular weight excluding hydrogens is 1020 g/mol. The maximum Gasteiger partial charge on any atom is 0.418 e. The Morgan fingerprint density at radius 2 is 1.35 bits per heavy atom. The number of hydrogen-bond acceptors (Lipinski definition) is 12. The van der Waals surface area contributed by atoms with Gasteiger partial charge in [-0.2, -0.15) is 12.3 Å². The van der Waals surface area contributed by atoms with Gasteiger partial charge in [-0.3, -0.25) is 14.4 Å². The molecule has 4 amide bonds. The van der Waals surface area contributed by atoms with Crippen molar-refractivity contribution >= 4 is 49.5 Å². The quantitative estimate of drug-likeness (QED) is 0.0215. The highest BCUT2D eigenvalue weighted by Gasteiger charge is 2.86. The van der Waals surface area contributed by atoms with E-state index in [4.69, 9.17) is 18.9 Å². The SMILES string of the molecule is CCCCCCCCCCCCOc1ccc(S(=O)(=O)NC2CC3(CCC2OC)[N+](CCCCCCCC)(CCCCCCCC)S3(=O)=O)cc1OCNC(=O)C(C(=O)N1CCc2ccccc21)N1C(=O)OC(C)(C)C1=O. The van der Waals surface area contributed by atoms with E-state index in [9.17, 15) is 36.0 Å². The van der Waals surface area contributed by atoms with Crippen molar-refractivity contribution in [3.8, 4) is 11.5 Å². The van der Waals surface area contributed by atoms with Crippen LogP contribution in [0.25, 0.3) is 0 Å². The van der Waals surface area contributed by atoms with E-state index in [-0.39, 0.29) is 33.2 Å². The molecule has 77 heavy (non-hydrogen) atoms. The highest BCUT2D eigenvalue weighted by molar-refractivity contribution is 7.92. The van der Waals surface area contributed by atoms with E-state index in [2.05, 4.69) is 30.8 Å². The van der Waals surface area contributed by atoms with Crippen LogP contribution in [-0.4, -0.2) is 118 Å². The summed E-state index contributed by atoms with van der Waals surface area (Å²) in [7, 11) is -6.52. The third kappa shape index (κ3) is 14.7. The summed E-state index contributed by atoms with van der Waals surface area (Å²) < 4.78 is 85.0. The van der Waals surface area contributed by atoms with Crippen molar-refractivity contribution < 1.29 is 58.8 Å². The number of quaternary nitrogens is 1. The molecule has 17 nitrogen and oxygen atoms in total. The van der Waals surface area contributed by atoms with Gasteiger partial charge in [0.05, 0.1) is 36.7 Å². The molecule has 2 N–H and O–H groups in total. The molecule has 2 aromatic carbocycles. The van der Waals surface area contributed by atoms with Gasteiger partial charge >= 0.3 is 16.1 Å². The average molecular weight is 1120 g/mol. The fraction of sp³-hybridized carbons (Fsp3) is 0.724. The number of imide groups is 1. The molecule has 1 saturated carbocycles. The van der Waals surface area contributed by atoms with Crippen molar-refractivity contribution in [2.75, 3.05) is 45.0 Å². The lowest BCUT2D eigenvalue weighted by atomic mass is 9.87. The number of unbranched alkanes of at least 4 members (excludes halogenated alkanes) is 19. The fourth-order valence-corrected chi connectivity index (χ4v) is 16.3. The van der Waals surface area contributed by atoms with E-state index in [1.165, 1.54) is 82.6 Å². The van der Waals surface area contributed by atoms with Gasteiger partial charge in [0.25, 0.3) is 22.6 Å². The lowest BCUT2D eigenvalue weighted by molar-refractivity contribution is -0.778. The number of carbonyl (C=O) groups is 4. The van der Waals surface area contributed by atoms with E-state index >= 15 is 0 Å². The number of sulfonamides is 2. The van der Waals surface area contributed by atoms with Gasteiger partial charge in [0.15, 0.2) is 23.8 Å². The molecular formula is C58H92N5O12S2+. The molecule has 1 aliphatic carbocycles. The van der Waals surface area contributed by atoms with Crippen LogP contribution in [0, 0.1) is 0 Å². The van der Waals surface area contributed by atoms with Gasteiger partial charge in [-0.1, -0.05) is 148 Å². The number of benzene rings is 2. The molecule has 0 radical (unpaired) electrons. The lowest BCUT2D eigenvalue weighted by Crippen LogP contribution is -2.59. The Bertz CT molecular complexity index is 2490. The van der Waals surface area contributed by atoms with Crippen molar-refractivity contribution in [2.45, 2.75) is 235 Å². The number of methoxy groups -OCH3 is 1. The molecule has 4 atom stereocenters. The molecule has 2 aromatic rings. The number of nitrogens with one attached hydrogen (secondary N) is 2. The third-order valence-corrected chi connectivity index (χ3v) is 21.1. The van der Waals surface area contributed by atoms with Gasteiger partial charge in [0.2, 0.25) is 16.1 Å². The molecule has 3 fully saturated rings. The number of fused-ring (bicyclic) bond motifs is 1. The molecule has 1 spiro atoms. The molecule has 19 heteroatoms. The minimum absolute atomic E-state index is 0.00630. The van der Waals surface area contributed by atoms with Gasteiger partial charge in [0.1, 0.15) is 0 Å².